The highest BCUT2D eigenvalue weighted by Gasteiger charge is 2.22. The van der Waals surface area contributed by atoms with Crippen LogP contribution in [0.1, 0.15) is 0 Å². The number of nitrogens with two attached hydrogens (primary N) is 1. The number of hydrogen-bond donors (Lipinski definition) is 2. The van der Waals surface area contributed by atoms with E-state index in [-0.39, 0.29) is 12.4 Å². The van der Waals surface area contributed by atoms with Crippen LogP contribution >= 0.6 is 12.4 Å². The molecule has 0 aromatic carbocycles. The van der Waals surface area contributed by atoms with Crippen LogP contribution in [0.25, 0.3) is 0 Å². The summed E-state index contributed by atoms with van der Waals surface area (Å²) in [6.07, 6.45) is 1.13. The summed E-state index contributed by atoms with van der Waals surface area (Å²) in [6, 6.07) is -0.500. The van der Waals surface area contributed by atoms with Gasteiger partial charge in [-0.05, 0) is 0 Å². The van der Waals surface area contributed by atoms with Crippen LogP contribution in [0.3, 0.4) is 0 Å². The van der Waals surface area contributed by atoms with E-state index in [9.17, 15) is 4.79 Å². The van der Waals surface area contributed by atoms with E-state index in [0.29, 0.717) is 6.61 Å². The molecule has 0 aromatic rings. The molecule has 5 nitrogen and oxygen atoms in total. The first kappa shape index (κ1) is 11.2. The van der Waals surface area contributed by atoms with E-state index < -0.39 is 18.5 Å². The molecule has 0 aromatic heterocycles. The first-order valence-corrected chi connectivity index (χ1v) is 3.13. The van der Waals surface area contributed by atoms with Crippen molar-refractivity contribution in [3.05, 3.63) is 12.2 Å². The zero-order valence-corrected chi connectivity index (χ0v) is 6.99. The van der Waals surface area contributed by atoms with E-state index in [1.54, 1.807) is 12.2 Å². The Kier molecular flexibility index (Phi) is 4.65. The van der Waals surface area contributed by atoms with Crippen LogP contribution in [-0.4, -0.2) is 30.2 Å². The highest BCUT2D eigenvalue weighted by molar-refractivity contribution is 5.85. The third-order valence-corrected chi connectivity index (χ3v) is 1.25. The van der Waals surface area contributed by atoms with E-state index >= 15 is 0 Å². The summed E-state index contributed by atoms with van der Waals surface area (Å²) in [4.78, 5) is 10.0. The van der Waals surface area contributed by atoms with Crippen LogP contribution in [-0.2, 0) is 9.47 Å². The van der Waals surface area contributed by atoms with Crippen molar-refractivity contribution in [2.45, 2.75) is 12.3 Å². The van der Waals surface area contributed by atoms with Crippen molar-refractivity contribution in [3.63, 3.8) is 0 Å². The Morgan fingerprint density at radius 1 is 1.75 bits per heavy atom. The molecule has 0 aliphatic carbocycles. The molecule has 70 valence electrons. The second-order valence-corrected chi connectivity index (χ2v) is 2.09. The highest BCUT2D eigenvalue weighted by Crippen LogP contribution is 2.06. The first-order chi connectivity index (χ1) is 5.20. The van der Waals surface area contributed by atoms with Crippen molar-refractivity contribution in [2.24, 2.45) is 5.73 Å². The fourth-order valence-electron chi connectivity index (χ4n) is 0.777. The van der Waals surface area contributed by atoms with Gasteiger partial charge in [-0.2, -0.15) is 0 Å². The van der Waals surface area contributed by atoms with Gasteiger partial charge in [0.05, 0.1) is 12.6 Å². The fourth-order valence-corrected chi connectivity index (χ4v) is 0.777. The molecule has 0 radical (unpaired) electrons. The molecule has 12 heavy (non-hydrogen) atoms. The van der Waals surface area contributed by atoms with Crippen molar-refractivity contribution < 1.29 is 19.4 Å². The minimum Gasteiger partial charge on any atom is -0.450 e. The minimum absolute atomic E-state index is 0. The Morgan fingerprint density at radius 2 is 2.42 bits per heavy atom. The van der Waals surface area contributed by atoms with Crippen molar-refractivity contribution in [1.29, 1.82) is 0 Å². The molecule has 0 unspecified atom stereocenters. The number of hydrogen-bond acceptors (Lipinski definition) is 4. The Balaban J connectivity index is 0.00000121. The minimum atomic E-state index is -1.37. The highest BCUT2D eigenvalue weighted by atomic mass is 35.5. The maximum absolute atomic E-state index is 10.0. The summed E-state index contributed by atoms with van der Waals surface area (Å²) < 4.78 is 9.21. The molecule has 0 amide bonds. The lowest BCUT2D eigenvalue weighted by Gasteiger charge is -2.22. The molecule has 1 heterocycles. The second-order valence-electron chi connectivity index (χ2n) is 2.09. The number of carboxylic acid groups (broad SMARTS) is 1. The monoisotopic (exact) mass is 195 g/mol. The molecule has 1 aliphatic heterocycles. The van der Waals surface area contributed by atoms with Crippen LogP contribution in [0, 0.1) is 0 Å². The molecule has 1 rings (SSSR count). The van der Waals surface area contributed by atoms with Gasteiger partial charge >= 0.3 is 6.16 Å². The van der Waals surface area contributed by atoms with Gasteiger partial charge in [-0.15, -0.1) is 12.4 Å². The van der Waals surface area contributed by atoms with Crippen molar-refractivity contribution >= 4 is 18.6 Å². The Bertz CT molecular complexity index is 184. The van der Waals surface area contributed by atoms with Crippen molar-refractivity contribution in [3.8, 4) is 0 Å². The molecule has 0 saturated heterocycles. The second kappa shape index (κ2) is 4.97. The Hall–Kier alpha value is -0.780. The molecule has 2 atom stereocenters. The number of halogens is 1. The molecular weight excluding hydrogens is 186 g/mol. The van der Waals surface area contributed by atoms with E-state index in [2.05, 4.69) is 4.74 Å². The summed E-state index contributed by atoms with van der Waals surface area (Å²) in [5, 5.41) is 8.20. The molecule has 0 saturated carbocycles. The molecule has 6 heteroatoms. The molecule has 0 fully saturated rings. The summed E-state index contributed by atoms with van der Waals surface area (Å²) in [5.74, 6) is 0. The summed E-state index contributed by atoms with van der Waals surface area (Å²) >= 11 is 0. The number of ether oxygens (including phenoxy) is 2. The summed E-state index contributed by atoms with van der Waals surface area (Å²) in [7, 11) is 0. The maximum Gasteiger partial charge on any atom is 0.508 e. The van der Waals surface area contributed by atoms with Gasteiger partial charge in [-0.1, -0.05) is 12.2 Å². The van der Waals surface area contributed by atoms with Gasteiger partial charge in [0.15, 0.2) is 0 Å². The SMILES string of the molecule is Cl.N[C@H]1C=CCO[C@@H]1OC(=O)O. The maximum atomic E-state index is 10.0. The zero-order chi connectivity index (χ0) is 8.27. The molecule has 0 spiro atoms. The predicted octanol–water partition coefficient (Wildman–Crippen LogP) is 0.343. The third kappa shape index (κ3) is 3.08. The number of carbonyl (C=O) groups is 1. The summed E-state index contributed by atoms with van der Waals surface area (Å²) in [6.45, 7) is 0.339. The fraction of sp³-hybridized carbons (Fsp3) is 0.500. The lowest BCUT2D eigenvalue weighted by Crippen LogP contribution is -2.40. The van der Waals surface area contributed by atoms with Crippen LogP contribution in [0.4, 0.5) is 4.79 Å². The van der Waals surface area contributed by atoms with Crippen LogP contribution in [0.2, 0.25) is 0 Å². The van der Waals surface area contributed by atoms with E-state index in [4.69, 9.17) is 15.6 Å². The first-order valence-electron chi connectivity index (χ1n) is 3.13. The van der Waals surface area contributed by atoms with Gasteiger partial charge in [0.25, 0.3) is 0 Å². The molecular formula is C6H10ClNO4. The largest absolute Gasteiger partial charge is 0.508 e. The van der Waals surface area contributed by atoms with Gasteiger partial charge in [0.2, 0.25) is 6.29 Å². The summed E-state index contributed by atoms with van der Waals surface area (Å²) in [5.41, 5.74) is 5.43. The Morgan fingerprint density at radius 3 is 2.92 bits per heavy atom. The van der Waals surface area contributed by atoms with Crippen LogP contribution < -0.4 is 5.73 Å². The Labute approximate surface area is 75.5 Å². The third-order valence-electron chi connectivity index (χ3n) is 1.25. The van der Waals surface area contributed by atoms with Gasteiger partial charge in [-0.25, -0.2) is 4.79 Å². The zero-order valence-electron chi connectivity index (χ0n) is 6.17. The van der Waals surface area contributed by atoms with Crippen LogP contribution in [0.5, 0.6) is 0 Å². The standard InChI is InChI=1S/C6H9NO4.ClH/c7-4-2-1-3-10-5(4)11-6(8)9;/h1-2,4-5H,3,7H2,(H,8,9);1H/t4-,5+;/m0./s1. The van der Waals surface area contributed by atoms with Gasteiger partial charge in [0, 0.05) is 0 Å². The van der Waals surface area contributed by atoms with Crippen molar-refractivity contribution in [2.75, 3.05) is 6.61 Å². The van der Waals surface area contributed by atoms with E-state index in [1.807, 2.05) is 0 Å². The van der Waals surface area contributed by atoms with Crippen LogP contribution in [0.15, 0.2) is 12.2 Å². The normalized spacial score (nSPS) is 27.4. The van der Waals surface area contributed by atoms with E-state index in [1.165, 1.54) is 0 Å². The molecule has 3 N–H and O–H groups in total. The van der Waals surface area contributed by atoms with Crippen molar-refractivity contribution in [1.82, 2.24) is 0 Å². The topological polar surface area (TPSA) is 81.8 Å². The quantitative estimate of drug-likeness (QED) is 0.466. The smallest absolute Gasteiger partial charge is 0.450 e. The average Bonchev–Trinajstić information content (AvgIpc) is 1.93. The van der Waals surface area contributed by atoms with Gasteiger partial charge in [-0.3, -0.25) is 0 Å². The van der Waals surface area contributed by atoms with Gasteiger partial charge in [0.1, 0.15) is 0 Å². The predicted molar refractivity (Wildman–Crippen MR) is 43.2 cm³/mol. The lowest BCUT2D eigenvalue weighted by atomic mass is 10.2. The lowest BCUT2D eigenvalue weighted by molar-refractivity contribution is -0.118. The molecule has 0 bridgehead atoms. The van der Waals surface area contributed by atoms with E-state index in [0.717, 1.165) is 0 Å². The van der Waals surface area contributed by atoms with Gasteiger partial charge < -0.3 is 20.3 Å². The average molecular weight is 196 g/mol. The number of rotatable bonds is 1. The molecule has 1 aliphatic rings.